The molecule has 0 bridgehead atoms. The molecule has 278 valence electrons. The first-order valence-electron chi connectivity index (χ1n) is 20.4. The highest BCUT2D eigenvalue weighted by molar-refractivity contribution is 6.13. The predicted octanol–water partition coefficient (Wildman–Crippen LogP) is 14.7. The molecule has 9 aromatic rings. The molecule has 0 saturated carbocycles. The molecular formula is C54H47N3. The summed E-state index contributed by atoms with van der Waals surface area (Å²) in [6, 6.07) is 62.5. The van der Waals surface area contributed by atoms with E-state index >= 15 is 0 Å². The van der Waals surface area contributed by atoms with E-state index in [1.807, 2.05) is 13.8 Å². The zero-order chi connectivity index (χ0) is 39.1. The second-order valence-corrected chi connectivity index (χ2v) is 16.3. The third-order valence-electron chi connectivity index (χ3n) is 12.5. The van der Waals surface area contributed by atoms with Gasteiger partial charge in [-0.3, -0.25) is 0 Å². The molecule has 0 saturated heterocycles. The summed E-state index contributed by atoms with van der Waals surface area (Å²) in [7, 11) is 0. The first-order chi connectivity index (χ1) is 27.8. The molecule has 0 atom stereocenters. The van der Waals surface area contributed by atoms with E-state index in [9.17, 15) is 0 Å². The molecule has 11 rings (SSSR count). The van der Waals surface area contributed by atoms with E-state index in [-0.39, 0.29) is 10.8 Å². The molecule has 0 spiro atoms. The Morgan fingerprint density at radius 1 is 0.456 bits per heavy atom. The van der Waals surface area contributed by atoms with Gasteiger partial charge in [0.25, 0.3) is 0 Å². The van der Waals surface area contributed by atoms with Crippen molar-refractivity contribution >= 4 is 38.9 Å². The second kappa shape index (κ2) is 13.0. The zero-order valence-corrected chi connectivity index (χ0v) is 33.6. The maximum Gasteiger partial charge on any atom is 0.0763 e. The van der Waals surface area contributed by atoms with Crippen molar-refractivity contribution in [3.63, 3.8) is 0 Å². The molecule has 2 aliphatic rings. The van der Waals surface area contributed by atoms with Gasteiger partial charge in [0, 0.05) is 56.2 Å². The highest BCUT2D eigenvalue weighted by atomic mass is 15.1. The molecule has 3 nitrogen and oxygen atoms in total. The summed E-state index contributed by atoms with van der Waals surface area (Å²) in [5, 5.41) is 2.51. The third kappa shape index (κ3) is 5.11. The van der Waals surface area contributed by atoms with Crippen molar-refractivity contribution in [1.29, 1.82) is 0 Å². The smallest absolute Gasteiger partial charge is 0.0763 e. The van der Waals surface area contributed by atoms with Crippen molar-refractivity contribution in [3.8, 4) is 33.6 Å². The van der Waals surface area contributed by atoms with E-state index < -0.39 is 0 Å². The van der Waals surface area contributed by atoms with Crippen LogP contribution in [0.1, 0.15) is 63.9 Å². The zero-order valence-electron chi connectivity index (χ0n) is 33.6. The lowest BCUT2D eigenvalue weighted by atomic mass is 9.82. The minimum atomic E-state index is -0.163. The van der Waals surface area contributed by atoms with Crippen molar-refractivity contribution in [2.45, 2.75) is 52.4 Å². The molecule has 1 aliphatic heterocycles. The molecule has 3 heterocycles. The Labute approximate surface area is 336 Å². The third-order valence-corrected chi connectivity index (χ3v) is 12.5. The Morgan fingerprint density at radius 2 is 1.04 bits per heavy atom. The van der Waals surface area contributed by atoms with Crippen LogP contribution in [0.5, 0.6) is 0 Å². The topological polar surface area (TPSA) is 13.1 Å². The van der Waals surface area contributed by atoms with Crippen LogP contribution >= 0.6 is 0 Å². The molecular weight excluding hydrogens is 691 g/mol. The number of hydrogen-bond acceptors (Lipinski definition) is 1. The molecule has 0 radical (unpaired) electrons. The Balaban J connectivity index is 0.00000195. The molecule has 57 heavy (non-hydrogen) atoms. The van der Waals surface area contributed by atoms with E-state index in [0.29, 0.717) is 0 Å². The summed E-state index contributed by atoms with van der Waals surface area (Å²) in [4.78, 5) is 2.45. The van der Waals surface area contributed by atoms with Gasteiger partial charge in [0.15, 0.2) is 0 Å². The lowest BCUT2D eigenvalue weighted by Gasteiger charge is -2.28. The van der Waals surface area contributed by atoms with Gasteiger partial charge in [-0.25, -0.2) is 0 Å². The Hall–Kier alpha value is -6.58. The predicted molar refractivity (Wildman–Crippen MR) is 241 cm³/mol. The van der Waals surface area contributed by atoms with Crippen LogP contribution in [0.2, 0.25) is 0 Å². The Bertz CT molecular complexity index is 2960. The van der Waals surface area contributed by atoms with E-state index in [1.54, 1.807) is 0 Å². The number of aromatic nitrogens is 2. The van der Waals surface area contributed by atoms with Gasteiger partial charge in [0.05, 0.1) is 16.7 Å². The number of para-hydroxylation sites is 2. The highest BCUT2D eigenvalue weighted by Crippen LogP contribution is 2.52. The van der Waals surface area contributed by atoms with Crippen LogP contribution in [0.25, 0.3) is 55.4 Å². The standard InChI is InChI=1S/C52H41N3.C2H6/c1-51(2)44-20-12-11-19-40(44)41-29-27-39(32-46(41)51)54(37-25-23-35(24-26-37)34-15-7-5-8-16-34)38-28-30-47-42(31-38)43-33-53-48-22-14-13-21-45(48)52(3,4)50(53)49(43)55(47)36-17-9-6-10-18-36;1-2/h5-33H,1-4H3;1-2H3. The number of anilines is 3. The fraction of sp³-hybridized carbons (Fsp3) is 0.148. The van der Waals surface area contributed by atoms with Crippen LogP contribution in [-0.2, 0) is 10.8 Å². The number of rotatable bonds is 5. The summed E-state index contributed by atoms with van der Waals surface area (Å²) in [5.74, 6) is 0. The van der Waals surface area contributed by atoms with Gasteiger partial charge in [-0.15, -0.1) is 0 Å². The van der Waals surface area contributed by atoms with Crippen LogP contribution in [0.15, 0.2) is 176 Å². The minimum Gasteiger partial charge on any atom is -0.317 e. The molecule has 2 aromatic heterocycles. The number of benzene rings is 7. The van der Waals surface area contributed by atoms with Crippen LogP contribution in [0.4, 0.5) is 17.1 Å². The van der Waals surface area contributed by atoms with E-state index in [1.165, 1.54) is 77.8 Å². The van der Waals surface area contributed by atoms with Crippen molar-refractivity contribution in [1.82, 2.24) is 9.13 Å². The van der Waals surface area contributed by atoms with Crippen LogP contribution < -0.4 is 4.90 Å². The molecule has 7 aromatic carbocycles. The minimum absolute atomic E-state index is 0.107. The molecule has 0 fully saturated rings. The largest absolute Gasteiger partial charge is 0.317 e. The van der Waals surface area contributed by atoms with Crippen LogP contribution in [-0.4, -0.2) is 9.13 Å². The van der Waals surface area contributed by atoms with Gasteiger partial charge in [-0.05, 0) is 99.6 Å². The summed E-state index contributed by atoms with van der Waals surface area (Å²) in [5.41, 5.74) is 18.6. The van der Waals surface area contributed by atoms with Crippen LogP contribution in [0, 0.1) is 0 Å². The van der Waals surface area contributed by atoms with Crippen LogP contribution in [0.3, 0.4) is 0 Å². The average molecular weight is 738 g/mol. The SMILES string of the molecule is CC.CC1(C)c2ccccc2-c2ccc(N(c3ccc(-c4ccccc4)cc3)c3ccc4c(c3)c3cn5c(c3n4-c3ccccc3)C(C)(C)c3ccccc3-5)cc21. The van der Waals surface area contributed by atoms with Gasteiger partial charge in [-0.2, -0.15) is 0 Å². The van der Waals surface area contributed by atoms with Gasteiger partial charge in [-0.1, -0.05) is 151 Å². The average Bonchev–Trinajstić information content (AvgIpc) is 3.93. The van der Waals surface area contributed by atoms with Gasteiger partial charge < -0.3 is 14.0 Å². The molecule has 1 aliphatic carbocycles. The first kappa shape index (κ1) is 34.9. The van der Waals surface area contributed by atoms with E-state index in [4.69, 9.17) is 0 Å². The Kier molecular flexibility index (Phi) is 7.95. The fourth-order valence-electron chi connectivity index (χ4n) is 9.80. The molecule has 3 heteroatoms. The van der Waals surface area contributed by atoms with Gasteiger partial charge in [0.2, 0.25) is 0 Å². The summed E-state index contributed by atoms with van der Waals surface area (Å²) in [6.07, 6.45) is 2.39. The number of hydrogen-bond donors (Lipinski definition) is 0. The lowest BCUT2D eigenvalue weighted by molar-refractivity contribution is 0.646. The maximum absolute atomic E-state index is 2.49. The van der Waals surface area contributed by atoms with Crippen molar-refractivity contribution < 1.29 is 0 Å². The fourth-order valence-corrected chi connectivity index (χ4v) is 9.80. The summed E-state index contributed by atoms with van der Waals surface area (Å²) >= 11 is 0. The summed E-state index contributed by atoms with van der Waals surface area (Å²) in [6.45, 7) is 13.5. The Morgan fingerprint density at radius 3 is 1.79 bits per heavy atom. The highest BCUT2D eigenvalue weighted by Gasteiger charge is 2.40. The lowest BCUT2D eigenvalue weighted by Crippen LogP contribution is -2.16. The van der Waals surface area contributed by atoms with Gasteiger partial charge >= 0.3 is 0 Å². The first-order valence-corrected chi connectivity index (χ1v) is 20.4. The normalized spacial score (nSPS) is 14.1. The van der Waals surface area contributed by atoms with Crippen molar-refractivity contribution in [3.05, 3.63) is 198 Å². The quantitative estimate of drug-likeness (QED) is 0.171. The maximum atomic E-state index is 2.49. The van der Waals surface area contributed by atoms with Gasteiger partial charge in [0.1, 0.15) is 0 Å². The van der Waals surface area contributed by atoms with E-state index in [0.717, 1.165) is 17.1 Å². The van der Waals surface area contributed by atoms with E-state index in [2.05, 4.69) is 218 Å². The molecule has 0 unspecified atom stereocenters. The number of nitrogens with zero attached hydrogens (tertiary/aromatic N) is 3. The number of fused-ring (bicyclic) bond motifs is 10. The second-order valence-electron chi connectivity index (χ2n) is 16.3. The molecule has 0 N–H and O–H groups in total. The molecule has 0 amide bonds. The van der Waals surface area contributed by atoms with Crippen molar-refractivity contribution in [2.75, 3.05) is 4.90 Å². The van der Waals surface area contributed by atoms with Crippen molar-refractivity contribution in [2.24, 2.45) is 0 Å². The summed E-state index contributed by atoms with van der Waals surface area (Å²) < 4.78 is 4.94. The monoisotopic (exact) mass is 737 g/mol.